The first kappa shape index (κ1) is 17.7. The molecule has 0 N–H and O–H groups in total. The maximum atomic E-state index is 12.9. The Morgan fingerprint density at radius 2 is 2.00 bits per heavy atom. The SMILES string of the molecule is COc1cccc(-c2nc(C)c(CC(=O)N3CCc4ccccc4C3)s2)c1. The Morgan fingerprint density at radius 3 is 2.81 bits per heavy atom. The standard InChI is InChI=1S/C22H22N2O2S/c1-15-20(27-22(23-15)17-8-5-9-19(12-17)26-2)13-21(25)24-11-10-16-6-3-4-7-18(16)14-24/h3-9,12H,10-11,13-14H2,1-2H3. The van der Waals surface area contributed by atoms with Crippen LogP contribution in [0.15, 0.2) is 48.5 Å². The number of aryl methyl sites for hydroxylation is 1. The number of fused-ring (bicyclic) bond motifs is 1. The van der Waals surface area contributed by atoms with E-state index in [9.17, 15) is 4.79 Å². The summed E-state index contributed by atoms with van der Waals surface area (Å²) in [6.07, 6.45) is 1.34. The lowest BCUT2D eigenvalue weighted by Crippen LogP contribution is -2.36. The Labute approximate surface area is 163 Å². The molecule has 2 heterocycles. The number of hydrogen-bond acceptors (Lipinski definition) is 4. The van der Waals surface area contributed by atoms with Gasteiger partial charge in [-0.25, -0.2) is 4.98 Å². The number of carbonyl (C=O) groups is 1. The maximum Gasteiger partial charge on any atom is 0.228 e. The molecule has 0 radical (unpaired) electrons. The van der Waals surface area contributed by atoms with Crippen molar-refractivity contribution in [1.29, 1.82) is 0 Å². The van der Waals surface area contributed by atoms with Gasteiger partial charge in [0, 0.05) is 23.5 Å². The van der Waals surface area contributed by atoms with E-state index >= 15 is 0 Å². The summed E-state index contributed by atoms with van der Waals surface area (Å²) in [5.41, 5.74) is 4.57. The van der Waals surface area contributed by atoms with E-state index in [0.29, 0.717) is 13.0 Å². The summed E-state index contributed by atoms with van der Waals surface area (Å²) in [4.78, 5) is 20.5. The first-order valence-electron chi connectivity index (χ1n) is 9.09. The third kappa shape index (κ3) is 3.74. The van der Waals surface area contributed by atoms with Gasteiger partial charge in [-0.15, -0.1) is 11.3 Å². The van der Waals surface area contributed by atoms with Crippen LogP contribution in [0, 0.1) is 6.92 Å². The summed E-state index contributed by atoms with van der Waals surface area (Å²) in [5.74, 6) is 0.985. The van der Waals surface area contributed by atoms with Gasteiger partial charge < -0.3 is 9.64 Å². The third-order valence-corrected chi connectivity index (χ3v) is 6.21. The normalized spacial score (nSPS) is 13.3. The van der Waals surface area contributed by atoms with Crippen LogP contribution in [0.4, 0.5) is 0 Å². The zero-order chi connectivity index (χ0) is 18.8. The molecule has 5 heteroatoms. The molecule has 0 aliphatic carbocycles. The van der Waals surface area contributed by atoms with Crippen LogP contribution in [0.3, 0.4) is 0 Å². The summed E-state index contributed by atoms with van der Waals surface area (Å²) >= 11 is 1.60. The number of thiazole rings is 1. The van der Waals surface area contributed by atoms with Crippen molar-refractivity contribution in [2.75, 3.05) is 13.7 Å². The van der Waals surface area contributed by atoms with E-state index in [-0.39, 0.29) is 5.91 Å². The summed E-state index contributed by atoms with van der Waals surface area (Å²) in [6.45, 7) is 3.47. The molecule has 27 heavy (non-hydrogen) atoms. The van der Waals surface area contributed by atoms with Gasteiger partial charge in [-0.1, -0.05) is 36.4 Å². The molecule has 3 aromatic rings. The lowest BCUT2D eigenvalue weighted by atomic mass is 10.00. The van der Waals surface area contributed by atoms with Gasteiger partial charge in [0.05, 0.1) is 19.2 Å². The van der Waals surface area contributed by atoms with E-state index in [4.69, 9.17) is 4.74 Å². The summed E-state index contributed by atoms with van der Waals surface area (Å²) in [6, 6.07) is 16.3. The number of amides is 1. The molecule has 0 atom stereocenters. The largest absolute Gasteiger partial charge is 0.497 e. The molecule has 2 aromatic carbocycles. The number of methoxy groups -OCH3 is 1. The van der Waals surface area contributed by atoms with Crippen LogP contribution in [-0.4, -0.2) is 29.4 Å². The van der Waals surface area contributed by atoms with Crippen LogP contribution in [0.5, 0.6) is 5.75 Å². The molecule has 0 fully saturated rings. The van der Waals surface area contributed by atoms with Gasteiger partial charge in [-0.05, 0) is 36.6 Å². The minimum absolute atomic E-state index is 0.174. The van der Waals surface area contributed by atoms with Crippen molar-refractivity contribution in [3.05, 3.63) is 70.2 Å². The van der Waals surface area contributed by atoms with Gasteiger partial charge >= 0.3 is 0 Å². The minimum atomic E-state index is 0.174. The van der Waals surface area contributed by atoms with Gasteiger partial charge in [0.2, 0.25) is 5.91 Å². The highest BCUT2D eigenvalue weighted by atomic mass is 32.1. The van der Waals surface area contributed by atoms with Crippen LogP contribution < -0.4 is 4.74 Å². The molecule has 0 unspecified atom stereocenters. The molecular formula is C22H22N2O2S. The topological polar surface area (TPSA) is 42.4 Å². The number of rotatable bonds is 4. The average molecular weight is 378 g/mol. The highest BCUT2D eigenvalue weighted by Crippen LogP contribution is 2.31. The van der Waals surface area contributed by atoms with E-state index in [2.05, 4.69) is 23.2 Å². The molecule has 1 amide bonds. The molecule has 0 saturated carbocycles. The van der Waals surface area contributed by atoms with Gasteiger partial charge in [-0.2, -0.15) is 0 Å². The second-order valence-electron chi connectivity index (χ2n) is 6.77. The molecule has 0 saturated heterocycles. The Bertz CT molecular complexity index is 980. The zero-order valence-electron chi connectivity index (χ0n) is 15.6. The molecule has 4 rings (SSSR count). The predicted octanol–water partition coefficient (Wildman–Crippen LogP) is 4.25. The molecule has 138 valence electrons. The predicted molar refractivity (Wildman–Crippen MR) is 108 cm³/mol. The van der Waals surface area contributed by atoms with E-state index in [1.165, 1.54) is 11.1 Å². The van der Waals surface area contributed by atoms with Crippen molar-refractivity contribution in [3.63, 3.8) is 0 Å². The van der Waals surface area contributed by atoms with Crippen molar-refractivity contribution < 1.29 is 9.53 Å². The lowest BCUT2D eigenvalue weighted by Gasteiger charge is -2.28. The number of ether oxygens (including phenoxy) is 1. The van der Waals surface area contributed by atoms with Crippen molar-refractivity contribution in [1.82, 2.24) is 9.88 Å². The van der Waals surface area contributed by atoms with Crippen molar-refractivity contribution in [2.45, 2.75) is 26.3 Å². The van der Waals surface area contributed by atoms with Crippen molar-refractivity contribution in [2.24, 2.45) is 0 Å². The van der Waals surface area contributed by atoms with Gasteiger partial charge in [0.1, 0.15) is 10.8 Å². The second kappa shape index (κ2) is 7.53. The Morgan fingerprint density at radius 1 is 1.19 bits per heavy atom. The molecule has 1 aromatic heterocycles. The van der Waals surface area contributed by atoms with E-state index in [0.717, 1.165) is 39.9 Å². The molecular weight excluding hydrogens is 356 g/mol. The molecule has 1 aliphatic heterocycles. The Balaban J connectivity index is 1.50. The monoisotopic (exact) mass is 378 g/mol. The summed E-state index contributed by atoms with van der Waals surface area (Å²) in [5, 5.41) is 0.929. The van der Waals surface area contributed by atoms with Crippen LogP contribution in [-0.2, 0) is 24.2 Å². The summed E-state index contributed by atoms with van der Waals surface area (Å²) in [7, 11) is 1.66. The van der Waals surface area contributed by atoms with Crippen LogP contribution in [0.1, 0.15) is 21.7 Å². The Kier molecular flexibility index (Phi) is 4.94. The number of hydrogen-bond donors (Lipinski definition) is 0. The molecule has 0 spiro atoms. The van der Waals surface area contributed by atoms with Crippen LogP contribution >= 0.6 is 11.3 Å². The third-order valence-electron chi connectivity index (χ3n) is 5.00. The van der Waals surface area contributed by atoms with Gasteiger partial charge in [-0.3, -0.25) is 4.79 Å². The quantitative estimate of drug-likeness (QED) is 0.681. The fourth-order valence-electron chi connectivity index (χ4n) is 3.43. The molecule has 0 bridgehead atoms. The highest BCUT2D eigenvalue weighted by molar-refractivity contribution is 7.15. The molecule has 1 aliphatic rings. The summed E-state index contributed by atoms with van der Waals surface area (Å²) < 4.78 is 5.30. The van der Waals surface area contributed by atoms with Gasteiger partial charge in [0.15, 0.2) is 0 Å². The van der Waals surface area contributed by atoms with E-state index < -0.39 is 0 Å². The van der Waals surface area contributed by atoms with Crippen LogP contribution in [0.2, 0.25) is 0 Å². The smallest absolute Gasteiger partial charge is 0.228 e. The van der Waals surface area contributed by atoms with Gasteiger partial charge in [0.25, 0.3) is 0 Å². The number of aromatic nitrogens is 1. The average Bonchev–Trinajstić information content (AvgIpc) is 3.08. The zero-order valence-corrected chi connectivity index (χ0v) is 16.4. The van der Waals surface area contributed by atoms with Crippen molar-refractivity contribution in [3.8, 4) is 16.3 Å². The molecule has 4 nitrogen and oxygen atoms in total. The first-order chi connectivity index (χ1) is 13.1. The number of nitrogens with zero attached hydrogens (tertiary/aromatic N) is 2. The number of carbonyl (C=O) groups excluding carboxylic acids is 1. The van der Waals surface area contributed by atoms with E-state index in [1.54, 1.807) is 18.4 Å². The fourth-order valence-corrected chi connectivity index (χ4v) is 4.48. The number of benzene rings is 2. The lowest BCUT2D eigenvalue weighted by molar-refractivity contribution is -0.131. The Hall–Kier alpha value is -2.66. The van der Waals surface area contributed by atoms with Crippen molar-refractivity contribution >= 4 is 17.2 Å². The fraction of sp³-hybridized carbons (Fsp3) is 0.273. The van der Waals surface area contributed by atoms with E-state index in [1.807, 2.05) is 42.2 Å². The van der Waals surface area contributed by atoms with Crippen LogP contribution in [0.25, 0.3) is 10.6 Å². The maximum absolute atomic E-state index is 12.9. The highest BCUT2D eigenvalue weighted by Gasteiger charge is 2.22. The first-order valence-corrected chi connectivity index (χ1v) is 9.91. The minimum Gasteiger partial charge on any atom is -0.497 e. The second-order valence-corrected chi connectivity index (χ2v) is 7.85.